The molecule has 21 heavy (non-hydrogen) atoms. The third kappa shape index (κ3) is 4.56. The molecule has 0 aliphatic carbocycles. The van der Waals surface area contributed by atoms with Crippen molar-refractivity contribution in [2.75, 3.05) is 26.2 Å². The van der Waals surface area contributed by atoms with Crippen LogP contribution in [0, 0.1) is 12.8 Å². The molecule has 2 rings (SSSR count). The van der Waals surface area contributed by atoms with E-state index < -0.39 is 5.97 Å². The first kappa shape index (κ1) is 15.5. The normalized spacial score (nSPS) is 18.5. The van der Waals surface area contributed by atoms with Crippen LogP contribution in [-0.2, 0) is 4.79 Å². The van der Waals surface area contributed by atoms with Crippen LogP contribution in [0.25, 0.3) is 0 Å². The average Bonchev–Trinajstić information content (AvgIpc) is 2.47. The standard InChI is InChI=1S/C16H22N2O3/c1-12-4-6-14(7-5-12)16(21)18-8-2-3-13(11-18)9-17-10-15(19)20/h4-7,13,17H,2-3,8-11H2,1H3,(H,19,20). The Bertz CT molecular complexity index is 499. The molecule has 0 aromatic heterocycles. The van der Waals surface area contributed by atoms with E-state index in [1.807, 2.05) is 36.1 Å². The zero-order valence-corrected chi connectivity index (χ0v) is 12.3. The van der Waals surface area contributed by atoms with Gasteiger partial charge in [-0.15, -0.1) is 0 Å². The molecule has 5 heteroatoms. The van der Waals surface area contributed by atoms with Crippen molar-refractivity contribution >= 4 is 11.9 Å². The number of carbonyl (C=O) groups is 2. The highest BCUT2D eigenvalue weighted by molar-refractivity contribution is 5.94. The molecule has 1 unspecified atom stereocenters. The highest BCUT2D eigenvalue weighted by atomic mass is 16.4. The van der Waals surface area contributed by atoms with Crippen molar-refractivity contribution in [3.8, 4) is 0 Å². The van der Waals surface area contributed by atoms with Crippen LogP contribution in [0.4, 0.5) is 0 Å². The second kappa shape index (κ2) is 7.22. The second-order valence-electron chi connectivity index (χ2n) is 5.65. The van der Waals surface area contributed by atoms with Gasteiger partial charge >= 0.3 is 5.97 Å². The van der Waals surface area contributed by atoms with Crippen LogP contribution in [-0.4, -0.2) is 48.1 Å². The molecule has 1 aliphatic rings. The molecule has 1 fully saturated rings. The van der Waals surface area contributed by atoms with Gasteiger partial charge in [0.15, 0.2) is 0 Å². The number of rotatable bonds is 5. The first-order valence-electron chi connectivity index (χ1n) is 7.34. The molecule has 0 saturated carbocycles. The fourth-order valence-electron chi connectivity index (χ4n) is 2.68. The number of carboxylic acid groups (broad SMARTS) is 1. The lowest BCUT2D eigenvalue weighted by molar-refractivity contribution is -0.136. The fourth-order valence-corrected chi connectivity index (χ4v) is 2.68. The Kier molecular flexibility index (Phi) is 5.33. The molecule has 2 N–H and O–H groups in total. The van der Waals surface area contributed by atoms with E-state index in [0.717, 1.165) is 30.5 Å². The maximum atomic E-state index is 12.5. The van der Waals surface area contributed by atoms with E-state index in [4.69, 9.17) is 5.11 Å². The van der Waals surface area contributed by atoms with E-state index in [0.29, 0.717) is 19.0 Å². The summed E-state index contributed by atoms with van der Waals surface area (Å²) in [5, 5.41) is 11.6. The van der Waals surface area contributed by atoms with Crippen molar-refractivity contribution < 1.29 is 14.7 Å². The molecular formula is C16H22N2O3. The van der Waals surface area contributed by atoms with Crippen LogP contribution in [0.3, 0.4) is 0 Å². The maximum absolute atomic E-state index is 12.5. The molecule has 1 aromatic carbocycles. The van der Waals surface area contributed by atoms with Gasteiger partial charge in [0.1, 0.15) is 0 Å². The number of amides is 1. The predicted octanol–water partition coefficient (Wildman–Crippen LogP) is 1.52. The van der Waals surface area contributed by atoms with Crippen LogP contribution in [0.15, 0.2) is 24.3 Å². The Morgan fingerprint density at radius 1 is 1.33 bits per heavy atom. The van der Waals surface area contributed by atoms with Gasteiger partial charge < -0.3 is 15.3 Å². The first-order valence-corrected chi connectivity index (χ1v) is 7.34. The summed E-state index contributed by atoms with van der Waals surface area (Å²) in [4.78, 5) is 24.8. The van der Waals surface area contributed by atoms with Crippen LogP contribution in [0.2, 0.25) is 0 Å². The minimum absolute atomic E-state index is 0.0254. The zero-order valence-electron chi connectivity index (χ0n) is 12.3. The van der Waals surface area contributed by atoms with Crippen molar-refractivity contribution in [1.29, 1.82) is 0 Å². The van der Waals surface area contributed by atoms with Gasteiger partial charge in [0.05, 0.1) is 6.54 Å². The first-order chi connectivity index (χ1) is 10.1. The highest BCUT2D eigenvalue weighted by Crippen LogP contribution is 2.18. The van der Waals surface area contributed by atoms with Crippen LogP contribution in [0.5, 0.6) is 0 Å². The maximum Gasteiger partial charge on any atom is 0.317 e. The van der Waals surface area contributed by atoms with Crippen molar-refractivity contribution in [3.63, 3.8) is 0 Å². The van der Waals surface area contributed by atoms with Crippen molar-refractivity contribution in [3.05, 3.63) is 35.4 Å². The zero-order chi connectivity index (χ0) is 15.2. The molecule has 114 valence electrons. The number of nitrogens with zero attached hydrogens (tertiary/aromatic N) is 1. The van der Waals surface area contributed by atoms with Gasteiger partial charge in [-0.2, -0.15) is 0 Å². The number of nitrogens with one attached hydrogen (secondary N) is 1. The van der Waals surface area contributed by atoms with Crippen LogP contribution < -0.4 is 5.32 Å². The van der Waals surface area contributed by atoms with Gasteiger partial charge in [0.25, 0.3) is 5.91 Å². The molecule has 5 nitrogen and oxygen atoms in total. The lowest BCUT2D eigenvalue weighted by atomic mass is 9.97. The Morgan fingerprint density at radius 3 is 2.71 bits per heavy atom. The Morgan fingerprint density at radius 2 is 2.05 bits per heavy atom. The van der Waals surface area contributed by atoms with Crippen molar-refractivity contribution in [2.45, 2.75) is 19.8 Å². The number of carboxylic acids is 1. The monoisotopic (exact) mass is 290 g/mol. The third-order valence-electron chi connectivity index (χ3n) is 3.81. The smallest absolute Gasteiger partial charge is 0.317 e. The van der Waals surface area contributed by atoms with Crippen molar-refractivity contribution in [1.82, 2.24) is 10.2 Å². The summed E-state index contributed by atoms with van der Waals surface area (Å²) in [6.45, 7) is 4.09. The molecule has 1 heterocycles. The van der Waals surface area contributed by atoms with E-state index in [1.165, 1.54) is 0 Å². The lowest BCUT2D eigenvalue weighted by Crippen LogP contribution is -2.43. The van der Waals surface area contributed by atoms with Crippen LogP contribution >= 0.6 is 0 Å². The van der Waals surface area contributed by atoms with Gasteiger partial charge in [-0.1, -0.05) is 17.7 Å². The molecule has 1 aliphatic heterocycles. The van der Waals surface area contributed by atoms with Crippen LogP contribution in [0.1, 0.15) is 28.8 Å². The molecule has 0 bridgehead atoms. The molecule has 0 radical (unpaired) electrons. The van der Waals surface area contributed by atoms with E-state index in [-0.39, 0.29) is 12.5 Å². The number of aryl methyl sites for hydroxylation is 1. The van der Waals surface area contributed by atoms with E-state index >= 15 is 0 Å². The van der Waals surface area contributed by atoms with Gasteiger partial charge in [-0.25, -0.2) is 0 Å². The summed E-state index contributed by atoms with van der Waals surface area (Å²) in [6.07, 6.45) is 2.00. The van der Waals surface area contributed by atoms with E-state index in [9.17, 15) is 9.59 Å². The number of benzene rings is 1. The Balaban J connectivity index is 1.89. The number of aliphatic carboxylic acids is 1. The molecule has 1 amide bonds. The number of hydrogen-bond donors (Lipinski definition) is 2. The Hall–Kier alpha value is -1.88. The number of piperidine rings is 1. The van der Waals surface area contributed by atoms with Gasteiger partial charge in [0.2, 0.25) is 0 Å². The molecule has 1 aromatic rings. The summed E-state index contributed by atoms with van der Waals surface area (Å²) in [6, 6.07) is 7.63. The average molecular weight is 290 g/mol. The minimum Gasteiger partial charge on any atom is -0.480 e. The number of hydrogen-bond acceptors (Lipinski definition) is 3. The number of likely N-dealkylation sites (tertiary alicyclic amines) is 1. The highest BCUT2D eigenvalue weighted by Gasteiger charge is 2.24. The molecular weight excluding hydrogens is 268 g/mol. The minimum atomic E-state index is -0.849. The molecule has 1 atom stereocenters. The predicted molar refractivity (Wildman–Crippen MR) is 80.3 cm³/mol. The fraction of sp³-hybridized carbons (Fsp3) is 0.500. The summed E-state index contributed by atoms with van der Waals surface area (Å²) in [5.74, 6) is -0.455. The topological polar surface area (TPSA) is 69.6 Å². The summed E-state index contributed by atoms with van der Waals surface area (Å²) in [5.41, 5.74) is 1.86. The SMILES string of the molecule is Cc1ccc(C(=O)N2CCCC(CNCC(=O)O)C2)cc1. The van der Waals surface area contributed by atoms with E-state index in [1.54, 1.807) is 0 Å². The number of carbonyl (C=O) groups excluding carboxylic acids is 1. The molecule has 0 spiro atoms. The largest absolute Gasteiger partial charge is 0.480 e. The second-order valence-corrected chi connectivity index (χ2v) is 5.65. The third-order valence-corrected chi connectivity index (χ3v) is 3.81. The molecule has 1 saturated heterocycles. The van der Waals surface area contributed by atoms with Crippen molar-refractivity contribution in [2.24, 2.45) is 5.92 Å². The summed E-state index contributed by atoms with van der Waals surface area (Å²) in [7, 11) is 0. The van der Waals surface area contributed by atoms with Gasteiger partial charge in [-0.05, 0) is 37.8 Å². The summed E-state index contributed by atoms with van der Waals surface area (Å²) >= 11 is 0. The Labute approximate surface area is 125 Å². The lowest BCUT2D eigenvalue weighted by Gasteiger charge is -2.33. The van der Waals surface area contributed by atoms with Gasteiger partial charge in [0, 0.05) is 25.2 Å². The van der Waals surface area contributed by atoms with Gasteiger partial charge in [-0.3, -0.25) is 9.59 Å². The summed E-state index contributed by atoms with van der Waals surface area (Å²) < 4.78 is 0. The van der Waals surface area contributed by atoms with E-state index in [2.05, 4.69) is 5.32 Å². The quantitative estimate of drug-likeness (QED) is 0.862.